The second kappa shape index (κ2) is 7.32. The van der Waals surface area contributed by atoms with Gasteiger partial charge in [-0.3, -0.25) is 5.04 Å². The number of halogens is 2. The summed E-state index contributed by atoms with van der Waals surface area (Å²) in [5.74, 6) is -1.83. The minimum Gasteiger partial charge on any atom is -0.691 e. The van der Waals surface area contributed by atoms with Crippen molar-refractivity contribution in [3.8, 4) is 0 Å². The molecule has 0 spiro atoms. The van der Waals surface area contributed by atoms with Gasteiger partial charge >= 0.3 is 11.2 Å². The van der Waals surface area contributed by atoms with E-state index < -0.39 is 23.3 Å². The van der Waals surface area contributed by atoms with Gasteiger partial charge in [0.1, 0.15) is 18.6 Å². The topological polar surface area (TPSA) is 67.8 Å². The standard InChI is InChI=1S/C17H12F2O5S/c18-17(19,25-24-23-21)16(20)22-10-14-7-3-6-13-8-11-4-1-2-5-12(11)9-15(13)14/h1-9,21H,10H2/p-1. The van der Waals surface area contributed by atoms with E-state index in [1.54, 1.807) is 12.1 Å². The second-order valence-corrected chi connectivity index (χ2v) is 5.97. The zero-order valence-electron chi connectivity index (χ0n) is 12.6. The summed E-state index contributed by atoms with van der Waals surface area (Å²) in [4.78, 5) is 11.5. The minimum absolute atomic E-state index is 0.344. The fourth-order valence-electron chi connectivity index (χ4n) is 2.48. The Balaban J connectivity index is 1.84. The molecule has 0 atom stereocenters. The summed E-state index contributed by atoms with van der Waals surface area (Å²) in [7, 11) is 0. The molecule has 0 amide bonds. The Labute approximate surface area is 145 Å². The molecule has 0 N–H and O–H groups in total. The molecular weight excluding hydrogens is 354 g/mol. The van der Waals surface area contributed by atoms with Gasteiger partial charge in [0.25, 0.3) is 0 Å². The number of alkyl halides is 2. The van der Waals surface area contributed by atoms with Gasteiger partial charge in [-0.05, 0) is 39.2 Å². The van der Waals surface area contributed by atoms with Crippen molar-refractivity contribution in [1.82, 2.24) is 0 Å². The second-order valence-electron chi connectivity index (χ2n) is 5.15. The van der Waals surface area contributed by atoms with Crippen molar-refractivity contribution >= 4 is 39.6 Å². The number of rotatable bonds is 6. The van der Waals surface area contributed by atoms with Crippen LogP contribution in [0.15, 0.2) is 54.6 Å². The monoisotopic (exact) mass is 365 g/mol. The molecule has 130 valence electrons. The molecule has 0 radical (unpaired) electrons. The van der Waals surface area contributed by atoms with Gasteiger partial charge in [0, 0.05) is 0 Å². The number of carbonyl (C=O) groups excluding carboxylic acids is 1. The molecule has 0 aliphatic heterocycles. The number of benzene rings is 3. The zero-order chi connectivity index (χ0) is 17.9. The van der Waals surface area contributed by atoms with E-state index in [1.807, 2.05) is 42.5 Å². The van der Waals surface area contributed by atoms with E-state index in [2.05, 4.69) is 14.1 Å². The van der Waals surface area contributed by atoms with E-state index in [-0.39, 0.29) is 6.61 Å². The van der Waals surface area contributed by atoms with Crippen LogP contribution in [0.3, 0.4) is 0 Å². The van der Waals surface area contributed by atoms with Gasteiger partial charge in [-0.1, -0.05) is 42.5 Å². The molecule has 3 rings (SSSR count). The molecule has 3 aromatic carbocycles. The Morgan fingerprint density at radius 3 is 2.44 bits per heavy atom. The SMILES string of the molecule is O=C(OCc1cccc2cc3ccccc3cc12)C(F)(F)SOO[O-]. The Kier molecular flexibility index (Phi) is 5.14. The van der Waals surface area contributed by atoms with E-state index in [0.717, 1.165) is 21.5 Å². The lowest BCUT2D eigenvalue weighted by Gasteiger charge is -2.15. The first-order valence-corrected chi connectivity index (χ1v) is 7.85. The van der Waals surface area contributed by atoms with Crippen molar-refractivity contribution in [3.05, 3.63) is 60.2 Å². The van der Waals surface area contributed by atoms with Crippen LogP contribution in [0.4, 0.5) is 8.78 Å². The third-order valence-electron chi connectivity index (χ3n) is 3.60. The maximum absolute atomic E-state index is 13.4. The summed E-state index contributed by atoms with van der Waals surface area (Å²) < 4.78 is 34.9. The first-order chi connectivity index (χ1) is 12.0. The van der Waals surface area contributed by atoms with Crippen molar-refractivity contribution in [2.45, 2.75) is 11.9 Å². The average molecular weight is 365 g/mol. The lowest BCUT2D eigenvalue weighted by molar-refractivity contribution is -0.777. The fourth-order valence-corrected chi connectivity index (χ4v) is 2.72. The average Bonchev–Trinajstić information content (AvgIpc) is 2.62. The predicted molar refractivity (Wildman–Crippen MR) is 86.0 cm³/mol. The molecule has 0 bridgehead atoms. The van der Waals surface area contributed by atoms with Crippen molar-refractivity contribution < 1.29 is 32.9 Å². The van der Waals surface area contributed by atoms with Crippen molar-refractivity contribution in [2.24, 2.45) is 0 Å². The van der Waals surface area contributed by atoms with Crippen molar-refractivity contribution in [2.75, 3.05) is 0 Å². The summed E-state index contributed by atoms with van der Waals surface area (Å²) in [5.41, 5.74) is 0.582. The van der Waals surface area contributed by atoms with E-state index >= 15 is 0 Å². The molecule has 8 heteroatoms. The van der Waals surface area contributed by atoms with Gasteiger partial charge in [0.05, 0.1) is 0 Å². The predicted octanol–water partition coefficient (Wildman–Crippen LogP) is 3.50. The van der Waals surface area contributed by atoms with Gasteiger partial charge in [0.15, 0.2) is 0 Å². The van der Waals surface area contributed by atoms with Crippen LogP contribution in [-0.4, -0.2) is 11.2 Å². The molecule has 0 fully saturated rings. The molecule has 5 nitrogen and oxygen atoms in total. The number of esters is 1. The summed E-state index contributed by atoms with van der Waals surface area (Å²) in [5, 5.41) is 12.1. The normalized spacial score (nSPS) is 11.8. The van der Waals surface area contributed by atoms with Crippen LogP contribution in [0.1, 0.15) is 5.56 Å². The van der Waals surface area contributed by atoms with Crippen LogP contribution < -0.4 is 5.26 Å². The van der Waals surface area contributed by atoms with Crippen LogP contribution in [0, 0.1) is 0 Å². The molecule has 0 aliphatic rings. The van der Waals surface area contributed by atoms with Crippen molar-refractivity contribution in [1.29, 1.82) is 0 Å². The van der Waals surface area contributed by atoms with Crippen LogP contribution in [-0.2, 0) is 25.5 Å². The molecule has 0 saturated carbocycles. The lowest BCUT2D eigenvalue weighted by atomic mass is 10.00. The highest BCUT2D eigenvalue weighted by molar-refractivity contribution is 7.96. The molecular formula is C17H11F2O5S-. The van der Waals surface area contributed by atoms with Gasteiger partial charge in [-0.25, -0.2) is 4.79 Å². The maximum atomic E-state index is 13.4. The van der Waals surface area contributed by atoms with E-state index in [4.69, 9.17) is 0 Å². The summed E-state index contributed by atoms with van der Waals surface area (Å²) in [6.07, 6.45) is 0. The highest BCUT2D eigenvalue weighted by Gasteiger charge is 2.43. The Bertz CT molecular complexity index is 916. The summed E-state index contributed by atoms with van der Waals surface area (Å²) in [6, 6.07) is 16.9. The number of fused-ring (bicyclic) bond motifs is 2. The van der Waals surface area contributed by atoms with Crippen LogP contribution in [0.5, 0.6) is 0 Å². The molecule has 0 unspecified atom stereocenters. The number of carbonyl (C=O) groups is 1. The number of hydrogen-bond donors (Lipinski definition) is 0. The van der Waals surface area contributed by atoms with Crippen LogP contribution in [0.25, 0.3) is 21.5 Å². The van der Waals surface area contributed by atoms with E-state index in [9.17, 15) is 18.8 Å². The minimum atomic E-state index is -4.05. The van der Waals surface area contributed by atoms with Gasteiger partial charge in [-0.15, -0.1) is 0 Å². The Morgan fingerprint density at radius 1 is 1.04 bits per heavy atom. The summed E-state index contributed by atoms with van der Waals surface area (Å²) >= 11 is -0.715. The molecule has 0 saturated heterocycles. The summed E-state index contributed by atoms with van der Waals surface area (Å²) in [6.45, 7) is -0.344. The Hall–Kier alpha value is -2.26. The molecule has 0 heterocycles. The van der Waals surface area contributed by atoms with Crippen LogP contribution >= 0.6 is 12.0 Å². The number of hydrogen-bond acceptors (Lipinski definition) is 6. The lowest BCUT2D eigenvalue weighted by Crippen LogP contribution is -2.27. The van der Waals surface area contributed by atoms with E-state index in [1.165, 1.54) is 0 Å². The highest BCUT2D eigenvalue weighted by Crippen LogP contribution is 2.32. The van der Waals surface area contributed by atoms with Crippen LogP contribution in [0.2, 0.25) is 0 Å². The van der Waals surface area contributed by atoms with Gasteiger partial charge in [-0.2, -0.15) is 13.1 Å². The maximum Gasteiger partial charge on any atom is 0.415 e. The first kappa shape index (κ1) is 17.6. The first-order valence-electron chi connectivity index (χ1n) is 7.11. The largest absolute Gasteiger partial charge is 0.691 e. The highest BCUT2D eigenvalue weighted by atomic mass is 32.2. The number of ether oxygens (including phenoxy) is 1. The molecule has 0 aliphatic carbocycles. The third kappa shape index (κ3) is 3.88. The molecule has 25 heavy (non-hydrogen) atoms. The van der Waals surface area contributed by atoms with Gasteiger partial charge in [0.2, 0.25) is 0 Å². The molecule has 3 aromatic rings. The molecule has 0 aromatic heterocycles. The fraction of sp³-hybridized carbons (Fsp3) is 0.118. The third-order valence-corrected chi connectivity index (χ3v) is 4.10. The smallest absolute Gasteiger partial charge is 0.415 e. The Morgan fingerprint density at radius 2 is 1.72 bits per heavy atom. The van der Waals surface area contributed by atoms with Crippen molar-refractivity contribution in [3.63, 3.8) is 0 Å². The van der Waals surface area contributed by atoms with E-state index in [0.29, 0.717) is 5.56 Å². The zero-order valence-corrected chi connectivity index (χ0v) is 13.4. The van der Waals surface area contributed by atoms with Gasteiger partial charge < -0.3 is 9.99 Å². The quantitative estimate of drug-likeness (QED) is 0.219.